The molecule has 5 heteroatoms. The Morgan fingerprint density at radius 2 is 1.90 bits per heavy atom. The van der Waals surface area contributed by atoms with Crippen LogP contribution in [-0.4, -0.2) is 20.3 Å². The maximum Gasteiger partial charge on any atom is 0.161 e. The first-order valence-corrected chi connectivity index (χ1v) is 6.44. The molecule has 2 rings (SSSR count). The number of methoxy groups -OCH3 is 1. The lowest BCUT2D eigenvalue weighted by Gasteiger charge is -2.12. The average molecular weight is 286 g/mol. The first-order chi connectivity index (χ1) is 10.3. The number of halogens is 1. The molecule has 108 valence electrons. The molecule has 0 fully saturated rings. The molecule has 2 aromatic rings. The molecule has 0 aliphatic carbocycles. The van der Waals surface area contributed by atoms with Crippen molar-refractivity contribution in [3.63, 3.8) is 0 Å². The van der Waals surface area contributed by atoms with Gasteiger partial charge >= 0.3 is 0 Å². The predicted molar refractivity (Wildman–Crippen MR) is 78.1 cm³/mol. The largest absolute Gasteiger partial charge is 0.493 e. The highest BCUT2D eigenvalue weighted by molar-refractivity contribution is 5.57. The number of para-hydroxylation sites is 2. The minimum absolute atomic E-state index is 0.00907. The van der Waals surface area contributed by atoms with Gasteiger partial charge in [-0.25, -0.2) is 4.39 Å². The highest BCUT2D eigenvalue weighted by atomic mass is 19.1. The van der Waals surface area contributed by atoms with Gasteiger partial charge in [0.1, 0.15) is 24.1 Å². The summed E-state index contributed by atoms with van der Waals surface area (Å²) in [6, 6.07) is 13.6. The second-order valence-corrected chi connectivity index (χ2v) is 4.20. The van der Waals surface area contributed by atoms with Crippen molar-refractivity contribution in [1.29, 1.82) is 5.26 Å². The van der Waals surface area contributed by atoms with Crippen LogP contribution in [0.15, 0.2) is 42.5 Å². The van der Waals surface area contributed by atoms with Crippen LogP contribution in [0.3, 0.4) is 0 Å². The molecule has 0 unspecified atom stereocenters. The Balaban J connectivity index is 1.91. The first-order valence-electron chi connectivity index (χ1n) is 6.44. The average Bonchev–Trinajstić information content (AvgIpc) is 2.52. The summed E-state index contributed by atoms with van der Waals surface area (Å²) in [6.07, 6.45) is 0. The predicted octanol–water partition coefficient (Wildman–Crippen LogP) is 3.20. The summed E-state index contributed by atoms with van der Waals surface area (Å²) in [5.74, 6) is 0.760. The molecule has 21 heavy (non-hydrogen) atoms. The van der Waals surface area contributed by atoms with Crippen LogP contribution in [-0.2, 0) is 0 Å². The summed E-state index contributed by atoms with van der Waals surface area (Å²) >= 11 is 0. The van der Waals surface area contributed by atoms with E-state index in [0.717, 1.165) is 0 Å². The van der Waals surface area contributed by atoms with Crippen LogP contribution in [0.5, 0.6) is 11.5 Å². The Kier molecular flexibility index (Phi) is 4.99. The first kappa shape index (κ1) is 14.7. The molecule has 0 radical (unpaired) electrons. The van der Waals surface area contributed by atoms with Gasteiger partial charge in [-0.2, -0.15) is 5.26 Å². The van der Waals surface area contributed by atoms with Crippen molar-refractivity contribution in [3.8, 4) is 17.6 Å². The minimum atomic E-state index is -0.534. The van der Waals surface area contributed by atoms with Gasteiger partial charge < -0.3 is 14.8 Å². The number of hydrogen-bond acceptors (Lipinski definition) is 4. The van der Waals surface area contributed by atoms with E-state index >= 15 is 0 Å². The second-order valence-electron chi connectivity index (χ2n) is 4.20. The molecule has 1 N–H and O–H groups in total. The topological polar surface area (TPSA) is 54.3 Å². The summed E-state index contributed by atoms with van der Waals surface area (Å²) in [6.45, 7) is 0.804. The van der Waals surface area contributed by atoms with E-state index in [1.807, 2.05) is 30.3 Å². The van der Waals surface area contributed by atoms with Gasteiger partial charge in [0.15, 0.2) is 11.5 Å². The lowest BCUT2D eigenvalue weighted by Crippen LogP contribution is -2.13. The van der Waals surface area contributed by atoms with Crippen LogP contribution in [0.1, 0.15) is 5.56 Å². The minimum Gasteiger partial charge on any atom is -0.493 e. The van der Waals surface area contributed by atoms with Crippen molar-refractivity contribution in [3.05, 3.63) is 53.8 Å². The summed E-state index contributed by atoms with van der Waals surface area (Å²) in [5.41, 5.74) is 0.468. The zero-order chi connectivity index (χ0) is 15.1. The Labute approximate surface area is 122 Å². The monoisotopic (exact) mass is 286 g/mol. The van der Waals surface area contributed by atoms with Crippen LogP contribution in [0.4, 0.5) is 10.1 Å². The van der Waals surface area contributed by atoms with Gasteiger partial charge in [-0.1, -0.05) is 18.2 Å². The third-order valence-corrected chi connectivity index (χ3v) is 2.87. The molecule has 0 atom stereocenters. The van der Waals surface area contributed by atoms with E-state index in [0.29, 0.717) is 30.3 Å². The Bertz CT molecular complexity index is 653. The van der Waals surface area contributed by atoms with Crippen molar-refractivity contribution >= 4 is 5.69 Å². The molecular formula is C16H15FN2O2. The molecular weight excluding hydrogens is 271 g/mol. The smallest absolute Gasteiger partial charge is 0.161 e. The lowest BCUT2D eigenvalue weighted by atomic mass is 10.2. The molecule has 0 saturated heterocycles. The number of anilines is 1. The van der Waals surface area contributed by atoms with E-state index in [1.54, 1.807) is 19.2 Å². The molecule has 0 saturated carbocycles. The summed E-state index contributed by atoms with van der Waals surface area (Å²) in [7, 11) is 1.58. The third-order valence-electron chi connectivity index (χ3n) is 2.87. The fourth-order valence-corrected chi connectivity index (χ4v) is 1.87. The van der Waals surface area contributed by atoms with E-state index < -0.39 is 5.82 Å². The number of ether oxygens (including phenoxy) is 2. The number of benzene rings is 2. The van der Waals surface area contributed by atoms with Crippen LogP contribution < -0.4 is 14.8 Å². The number of rotatable bonds is 6. The second kappa shape index (κ2) is 7.15. The molecule has 0 heterocycles. The quantitative estimate of drug-likeness (QED) is 0.829. The van der Waals surface area contributed by atoms with Crippen molar-refractivity contribution in [2.24, 2.45) is 0 Å². The van der Waals surface area contributed by atoms with Gasteiger partial charge in [0.25, 0.3) is 0 Å². The summed E-state index contributed by atoms with van der Waals surface area (Å²) < 4.78 is 24.2. The molecule has 0 bridgehead atoms. The van der Waals surface area contributed by atoms with Crippen molar-refractivity contribution in [1.82, 2.24) is 0 Å². The van der Waals surface area contributed by atoms with Crippen molar-refractivity contribution in [2.45, 2.75) is 0 Å². The Morgan fingerprint density at radius 3 is 2.62 bits per heavy atom. The maximum absolute atomic E-state index is 13.4. The van der Waals surface area contributed by atoms with Gasteiger partial charge in [0.2, 0.25) is 0 Å². The highest BCUT2D eigenvalue weighted by Gasteiger charge is 2.07. The fraction of sp³-hybridized carbons (Fsp3) is 0.188. The molecule has 0 spiro atoms. The number of nitriles is 1. The molecule has 2 aromatic carbocycles. The standard InChI is InChI=1S/C16H15FN2O2/c1-20-15-7-2-3-8-16(15)21-10-9-19-14-6-4-5-13(17)12(14)11-18/h2-8,19H,9-10H2,1H3. The zero-order valence-electron chi connectivity index (χ0n) is 11.6. The van der Waals surface area contributed by atoms with Crippen LogP contribution in [0.25, 0.3) is 0 Å². The van der Waals surface area contributed by atoms with Gasteiger partial charge in [0, 0.05) is 6.54 Å². The molecule has 4 nitrogen and oxygen atoms in total. The normalized spacial score (nSPS) is 9.76. The Morgan fingerprint density at radius 1 is 1.14 bits per heavy atom. The zero-order valence-corrected chi connectivity index (χ0v) is 11.6. The number of hydrogen-bond donors (Lipinski definition) is 1. The lowest BCUT2D eigenvalue weighted by molar-refractivity contribution is 0.306. The third kappa shape index (κ3) is 3.63. The van der Waals surface area contributed by atoms with Gasteiger partial charge in [0.05, 0.1) is 12.8 Å². The maximum atomic E-state index is 13.4. The summed E-state index contributed by atoms with van der Waals surface area (Å²) in [5, 5.41) is 11.9. The van der Waals surface area contributed by atoms with Gasteiger partial charge in [-0.15, -0.1) is 0 Å². The fourth-order valence-electron chi connectivity index (χ4n) is 1.87. The van der Waals surface area contributed by atoms with Crippen LogP contribution in [0, 0.1) is 17.1 Å². The van der Waals surface area contributed by atoms with Crippen LogP contribution >= 0.6 is 0 Å². The van der Waals surface area contributed by atoms with Gasteiger partial charge in [-0.05, 0) is 24.3 Å². The highest BCUT2D eigenvalue weighted by Crippen LogP contribution is 2.25. The van der Waals surface area contributed by atoms with E-state index in [9.17, 15) is 4.39 Å². The number of nitrogens with one attached hydrogen (secondary N) is 1. The SMILES string of the molecule is COc1ccccc1OCCNc1cccc(F)c1C#N. The Hall–Kier alpha value is -2.74. The molecule has 0 aliphatic heterocycles. The van der Waals surface area contributed by atoms with Crippen molar-refractivity contribution < 1.29 is 13.9 Å². The molecule has 0 aromatic heterocycles. The number of nitrogens with zero attached hydrogens (tertiary/aromatic N) is 1. The van der Waals surface area contributed by atoms with Crippen LogP contribution in [0.2, 0.25) is 0 Å². The van der Waals surface area contributed by atoms with Gasteiger partial charge in [-0.3, -0.25) is 0 Å². The molecule has 0 amide bonds. The van der Waals surface area contributed by atoms with Crippen molar-refractivity contribution in [2.75, 3.05) is 25.6 Å². The van der Waals surface area contributed by atoms with E-state index in [1.165, 1.54) is 6.07 Å². The molecule has 0 aliphatic rings. The van der Waals surface area contributed by atoms with E-state index in [4.69, 9.17) is 14.7 Å². The summed E-state index contributed by atoms with van der Waals surface area (Å²) in [4.78, 5) is 0. The van der Waals surface area contributed by atoms with E-state index in [-0.39, 0.29) is 5.56 Å². The van der Waals surface area contributed by atoms with E-state index in [2.05, 4.69) is 5.32 Å².